The molecule has 1 aliphatic rings. The van der Waals surface area contributed by atoms with E-state index in [1.807, 2.05) is 26.2 Å². The highest BCUT2D eigenvalue weighted by atomic mass is 16.5. The summed E-state index contributed by atoms with van der Waals surface area (Å²) >= 11 is 0. The number of benzene rings is 3. The zero-order valence-corrected chi connectivity index (χ0v) is 21.9. The lowest BCUT2D eigenvalue weighted by Crippen LogP contribution is -2.36. The standard InChI is InChI=1S/C31H35N3O4/c1-34(2)27-13-5-22(6-14-27)17-20-38-28-15-11-26(12-16-28)30(36)33-29(31(37)32-18-19-35)21-23-3-7-24(8-4-23)25-9-10-25/h3-8,11-16,21,25,35H,9-10,17-20H2,1-2H3,(H,32,37)(H,33,36)/b29-21-. The third-order valence-electron chi connectivity index (χ3n) is 6.42. The van der Waals surface area contributed by atoms with Crippen molar-refractivity contribution >= 4 is 23.6 Å². The quantitative estimate of drug-likeness (QED) is 0.317. The third kappa shape index (κ3) is 7.70. The predicted octanol–water partition coefficient (Wildman–Crippen LogP) is 4.13. The molecule has 3 N–H and O–H groups in total. The largest absolute Gasteiger partial charge is 0.493 e. The van der Waals surface area contributed by atoms with E-state index in [9.17, 15) is 9.59 Å². The number of hydrogen-bond donors (Lipinski definition) is 3. The molecule has 0 unspecified atom stereocenters. The monoisotopic (exact) mass is 513 g/mol. The zero-order valence-electron chi connectivity index (χ0n) is 21.9. The highest BCUT2D eigenvalue weighted by molar-refractivity contribution is 6.05. The number of nitrogens with one attached hydrogen (secondary N) is 2. The molecule has 1 aliphatic carbocycles. The molecule has 198 valence electrons. The van der Waals surface area contributed by atoms with E-state index in [1.165, 1.54) is 24.0 Å². The van der Waals surface area contributed by atoms with Crippen molar-refractivity contribution in [2.24, 2.45) is 0 Å². The summed E-state index contributed by atoms with van der Waals surface area (Å²) in [6.45, 7) is 0.425. The maximum atomic E-state index is 12.9. The second kappa shape index (κ2) is 12.9. The number of carbonyl (C=O) groups is 2. The molecular formula is C31H35N3O4. The first kappa shape index (κ1) is 26.9. The Labute approximate surface area is 224 Å². The Balaban J connectivity index is 1.35. The first-order valence-electron chi connectivity index (χ1n) is 12.9. The third-order valence-corrected chi connectivity index (χ3v) is 6.42. The van der Waals surface area contributed by atoms with E-state index in [2.05, 4.69) is 51.9 Å². The summed E-state index contributed by atoms with van der Waals surface area (Å²) in [5, 5.41) is 14.4. The summed E-state index contributed by atoms with van der Waals surface area (Å²) < 4.78 is 5.85. The molecule has 38 heavy (non-hydrogen) atoms. The molecular weight excluding hydrogens is 478 g/mol. The van der Waals surface area contributed by atoms with Crippen molar-refractivity contribution in [1.29, 1.82) is 0 Å². The Morgan fingerprint density at radius 3 is 2.26 bits per heavy atom. The topological polar surface area (TPSA) is 90.9 Å². The lowest BCUT2D eigenvalue weighted by atomic mass is 10.1. The summed E-state index contributed by atoms with van der Waals surface area (Å²) in [6, 6.07) is 23.2. The van der Waals surface area contributed by atoms with Gasteiger partial charge in [0.05, 0.1) is 13.2 Å². The van der Waals surface area contributed by atoms with Gasteiger partial charge in [0.25, 0.3) is 11.8 Å². The van der Waals surface area contributed by atoms with Gasteiger partial charge in [-0.3, -0.25) is 9.59 Å². The number of hydrogen-bond acceptors (Lipinski definition) is 5. The van der Waals surface area contributed by atoms with Crippen LogP contribution in [0.4, 0.5) is 5.69 Å². The van der Waals surface area contributed by atoms with Gasteiger partial charge in [0.1, 0.15) is 11.4 Å². The molecule has 0 bridgehead atoms. The number of carbonyl (C=O) groups excluding carboxylic acids is 2. The summed E-state index contributed by atoms with van der Waals surface area (Å²) in [6.07, 6.45) is 4.85. The van der Waals surface area contributed by atoms with E-state index in [0.717, 1.165) is 17.7 Å². The smallest absolute Gasteiger partial charge is 0.267 e. The molecule has 0 spiro atoms. The molecule has 0 saturated heterocycles. The van der Waals surface area contributed by atoms with Crippen LogP contribution in [-0.2, 0) is 11.2 Å². The Kier molecular flexibility index (Phi) is 9.16. The molecule has 1 saturated carbocycles. The molecule has 0 aliphatic heterocycles. The normalized spacial score (nSPS) is 13.1. The van der Waals surface area contributed by atoms with E-state index >= 15 is 0 Å². The van der Waals surface area contributed by atoms with Crippen molar-refractivity contribution in [3.05, 3.63) is 101 Å². The fourth-order valence-electron chi connectivity index (χ4n) is 4.02. The van der Waals surface area contributed by atoms with Crippen LogP contribution in [0.2, 0.25) is 0 Å². The van der Waals surface area contributed by atoms with E-state index < -0.39 is 11.8 Å². The second-order valence-electron chi connectivity index (χ2n) is 9.62. The number of ether oxygens (including phenoxy) is 1. The first-order chi connectivity index (χ1) is 18.4. The maximum Gasteiger partial charge on any atom is 0.267 e. The molecule has 0 heterocycles. The molecule has 3 aromatic rings. The van der Waals surface area contributed by atoms with Crippen LogP contribution in [-0.4, -0.2) is 50.8 Å². The highest BCUT2D eigenvalue weighted by Crippen LogP contribution is 2.39. The first-order valence-corrected chi connectivity index (χ1v) is 12.9. The van der Waals surface area contributed by atoms with Gasteiger partial charge in [-0.05, 0) is 77.9 Å². The Morgan fingerprint density at radius 1 is 0.974 bits per heavy atom. The van der Waals surface area contributed by atoms with E-state index in [-0.39, 0.29) is 18.8 Å². The van der Waals surface area contributed by atoms with Crippen molar-refractivity contribution in [3.63, 3.8) is 0 Å². The van der Waals surface area contributed by atoms with Crippen molar-refractivity contribution in [2.75, 3.05) is 38.8 Å². The molecule has 0 atom stereocenters. The average molecular weight is 514 g/mol. The van der Waals surface area contributed by atoms with Crippen LogP contribution in [0.3, 0.4) is 0 Å². The van der Waals surface area contributed by atoms with Gasteiger partial charge >= 0.3 is 0 Å². The van der Waals surface area contributed by atoms with Gasteiger partial charge in [0.15, 0.2) is 0 Å². The van der Waals surface area contributed by atoms with Crippen molar-refractivity contribution in [1.82, 2.24) is 10.6 Å². The molecule has 4 rings (SSSR count). The molecule has 7 nitrogen and oxygen atoms in total. The van der Waals surface area contributed by atoms with Gasteiger partial charge in [-0.1, -0.05) is 36.4 Å². The van der Waals surface area contributed by atoms with Crippen LogP contribution in [0, 0.1) is 0 Å². The fourth-order valence-corrected chi connectivity index (χ4v) is 4.02. The van der Waals surface area contributed by atoms with Crippen molar-refractivity contribution < 1.29 is 19.4 Å². The molecule has 3 aromatic carbocycles. The molecule has 0 radical (unpaired) electrons. The summed E-state index contributed by atoms with van der Waals surface area (Å²) in [5.74, 6) is 0.440. The van der Waals surface area contributed by atoms with Gasteiger partial charge in [-0.25, -0.2) is 0 Å². The Hall–Kier alpha value is -4.10. The molecule has 0 aromatic heterocycles. The van der Waals surface area contributed by atoms with Gasteiger partial charge in [-0.2, -0.15) is 0 Å². The summed E-state index contributed by atoms with van der Waals surface area (Å²) in [7, 11) is 4.02. The van der Waals surface area contributed by atoms with Gasteiger partial charge in [0.2, 0.25) is 0 Å². The van der Waals surface area contributed by atoms with E-state index in [0.29, 0.717) is 23.8 Å². The maximum absolute atomic E-state index is 12.9. The van der Waals surface area contributed by atoms with E-state index in [1.54, 1.807) is 30.3 Å². The number of amides is 2. The van der Waals surface area contributed by atoms with Crippen molar-refractivity contribution in [2.45, 2.75) is 25.2 Å². The van der Waals surface area contributed by atoms with Crippen molar-refractivity contribution in [3.8, 4) is 5.75 Å². The van der Waals surface area contributed by atoms with E-state index in [4.69, 9.17) is 9.84 Å². The highest BCUT2D eigenvalue weighted by Gasteiger charge is 2.23. The van der Waals surface area contributed by atoms with Gasteiger partial charge in [-0.15, -0.1) is 0 Å². The number of aliphatic hydroxyl groups excluding tert-OH is 1. The van der Waals surface area contributed by atoms with Crippen LogP contribution in [0.5, 0.6) is 5.75 Å². The average Bonchev–Trinajstić information content (AvgIpc) is 3.78. The lowest BCUT2D eigenvalue weighted by molar-refractivity contribution is -0.117. The molecule has 1 fully saturated rings. The molecule has 2 amide bonds. The van der Waals surface area contributed by atoms with Crippen LogP contribution in [0.25, 0.3) is 6.08 Å². The zero-order chi connectivity index (χ0) is 26.9. The lowest BCUT2D eigenvalue weighted by Gasteiger charge is -2.13. The number of nitrogens with zero attached hydrogens (tertiary/aromatic N) is 1. The predicted molar refractivity (Wildman–Crippen MR) is 150 cm³/mol. The number of rotatable bonds is 12. The van der Waals surface area contributed by atoms with Crippen LogP contribution >= 0.6 is 0 Å². The fraction of sp³-hybridized carbons (Fsp3) is 0.290. The number of anilines is 1. The Morgan fingerprint density at radius 2 is 1.66 bits per heavy atom. The van der Waals surface area contributed by atoms with Gasteiger partial charge < -0.3 is 25.4 Å². The number of aliphatic hydroxyl groups is 1. The minimum absolute atomic E-state index is 0.0957. The summed E-state index contributed by atoms with van der Waals surface area (Å²) in [5.41, 5.74) is 4.96. The van der Waals surface area contributed by atoms with Gasteiger partial charge in [0, 0.05) is 38.3 Å². The minimum Gasteiger partial charge on any atom is -0.493 e. The van der Waals surface area contributed by atoms with Crippen LogP contribution < -0.4 is 20.3 Å². The Bertz CT molecular complexity index is 1250. The SMILES string of the molecule is CN(C)c1ccc(CCOc2ccc(C(=O)N/C(=C\c3ccc(C4CC4)cc3)C(=O)NCCO)cc2)cc1. The van der Waals surface area contributed by atoms with Crippen LogP contribution in [0.15, 0.2) is 78.5 Å². The second-order valence-corrected chi connectivity index (χ2v) is 9.62. The summed E-state index contributed by atoms with van der Waals surface area (Å²) in [4.78, 5) is 27.7. The minimum atomic E-state index is -0.461. The molecule has 7 heteroatoms. The van der Waals surface area contributed by atoms with Crippen LogP contribution in [0.1, 0.15) is 45.8 Å².